The number of nitrogens with zero attached hydrogens (tertiary/aromatic N) is 4. The molecule has 41 heavy (non-hydrogen) atoms. The van der Waals surface area contributed by atoms with Gasteiger partial charge in [-0.3, -0.25) is 4.72 Å². The van der Waals surface area contributed by atoms with Crippen molar-refractivity contribution in [2.75, 3.05) is 28.0 Å². The molecule has 2 N–H and O–H groups in total. The molecule has 2 aliphatic rings. The average molecular weight is 634 g/mol. The molecule has 0 bridgehead atoms. The molecule has 2 aromatic carbocycles. The zero-order valence-corrected chi connectivity index (χ0v) is 25.3. The van der Waals surface area contributed by atoms with Crippen molar-refractivity contribution in [1.29, 1.82) is 0 Å². The van der Waals surface area contributed by atoms with E-state index in [0.717, 1.165) is 50.3 Å². The van der Waals surface area contributed by atoms with Crippen LogP contribution in [0.3, 0.4) is 0 Å². The van der Waals surface area contributed by atoms with Crippen LogP contribution in [0.2, 0.25) is 10.0 Å². The lowest BCUT2D eigenvalue weighted by Crippen LogP contribution is -2.29. The topological polar surface area (TPSA) is 100 Å². The van der Waals surface area contributed by atoms with Crippen molar-refractivity contribution in [1.82, 2.24) is 15.0 Å². The second kappa shape index (κ2) is 11.4. The van der Waals surface area contributed by atoms with Gasteiger partial charge in [0.05, 0.1) is 32.0 Å². The van der Waals surface area contributed by atoms with Crippen LogP contribution in [0.5, 0.6) is 0 Å². The maximum absolute atomic E-state index is 16.2. The van der Waals surface area contributed by atoms with Crippen molar-refractivity contribution < 1.29 is 12.8 Å². The largest absolute Gasteiger partial charge is 0.351 e. The molecule has 214 valence electrons. The number of aromatic nitrogens is 3. The monoisotopic (exact) mass is 632 g/mol. The summed E-state index contributed by atoms with van der Waals surface area (Å²) in [5.41, 5.74) is 1.44. The summed E-state index contributed by atoms with van der Waals surface area (Å²) < 4.78 is 45.2. The standard InChI is InChI=1S/C28H27Cl2FN6O2S2/c1-16-8-11-19(29)26(22(16)30)41(38,39)36-20-7-5-6-18(23(20)31)24-25(40-28(35-24)37-14-3-2-4-15-37)21-12-13-32-27(34-21)33-17-9-10-17/h5-8,11-13,17,36H,2-4,9-10,14-15H2,1H3,(H,32,33,34). The van der Waals surface area contributed by atoms with E-state index in [9.17, 15) is 8.42 Å². The third kappa shape index (κ3) is 5.86. The van der Waals surface area contributed by atoms with Gasteiger partial charge in [0.1, 0.15) is 4.90 Å². The van der Waals surface area contributed by atoms with Gasteiger partial charge in [-0.15, -0.1) is 0 Å². The van der Waals surface area contributed by atoms with Crippen molar-refractivity contribution in [2.24, 2.45) is 0 Å². The molecular formula is C28H27Cl2FN6O2S2. The van der Waals surface area contributed by atoms with Crippen LogP contribution in [-0.2, 0) is 10.0 Å². The van der Waals surface area contributed by atoms with Crippen LogP contribution in [-0.4, -0.2) is 42.5 Å². The highest BCUT2D eigenvalue weighted by atomic mass is 35.5. The molecular weight excluding hydrogens is 606 g/mol. The minimum Gasteiger partial charge on any atom is -0.351 e. The molecule has 1 aliphatic carbocycles. The summed E-state index contributed by atoms with van der Waals surface area (Å²) in [5.74, 6) is -0.254. The van der Waals surface area contributed by atoms with Gasteiger partial charge < -0.3 is 10.2 Å². The highest BCUT2D eigenvalue weighted by Gasteiger charge is 2.28. The number of benzene rings is 2. The quantitative estimate of drug-likeness (QED) is 0.209. The van der Waals surface area contributed by atoms with E-state index in [0.29, 0.717) is 33.8 Å². The number of rotatable bonds is 8. The fourth-order valence-corrected chi connectivity index (χ4v) is 8.07. The summed E-state index contributed by atoms with van der Waals surface area (Å²) in [7, 11) is -4.31. The minimum absolute atomic E-state index is 0.0195. The Kier molecular flexibility index (Phi) is 7.80. The summed E-state index contributed by atoms with van der Waals surface area (Å²) >= 11 is 14.0. The second-order valence-electron chi connectivity index (χ2n) is 10.2. The minimum atomic E-state index is -4.31. The Morgan fingerprint density at radius 1 is 1.05 bits per heavy atom. The number of sulfonamides is 1. The zero-order valence-electron chi connectivity index (χ0n) is 22.1. The fourth-order valence-electron chi connectivity index (χ4n) is 4.72. The van der Waals surface area contributed by atoms with E-state index >= 15 is 4.39 Å². The van der Waals surface area contributed by atoms with Crippen LogP contribution < -0.4 is 14.9 Å². The number of nitrogens with one attached hydrogen (secondary N) is 2. The lowest BCUT2D eigenvalue weighted by molar-refractivity contribution is 0.577. The molecule has 0 spiro atoms. The first kappa shape index (κ1) is 28.1. The van der Waals surface area contributed by atoms with E-state index in [1.165, 1.54) is 23.5 Å². The van der Waals surface area contributed by atoms with Gasteiger partial charge in [0.15, 0.2) is 10.9 Å². The van der Waals surface area contributed by atoms with Gasteiger partial charge in [0, 0.05) is 30.9 Å². The number of anilines is 3. The number of piperidine rings is 1. The first-order chi connectivity index (χ1) is 19.7. The van der Waals surface area contributed by atoms with Gasteiger partial charge in [-0.1, -0.05) is 46.7 Å². The lowest BCUT2D eigenvalue weighted by Gasteiger charge is -2.25. The zero-order chi connectivity index (χ0) is 28.7. The molecule has 1 aliphatic heterocycles. The molecule has 0 radical (unpaired) electrons. The van der Waals surface area contributed by atoms with E-state index in [4.69, 9.17) is 33.2 Å². The highest BCUT2D eigenvalue weighted by Crippen LogP contribution is 2.43. The van der Waals surface area contributed by atoms with Crippen LogP contribution >= 0.6 is 34.5 Å². The number of hydrogen-bond donors (Lipinski definition) is 2. The summed E-state index contributed by atoms with van der Waals surface area (Å²) in [6, 6.07) is 9.74. The van der Waals surface area contributed by atoms with Crippen molar-refractivity contribution in [2.45, 2.75) is 50.0 Å². The van der Waals surface area contributed by atoms with Gasteiger partial charge in [-0.25, -0.2) is 27.8 Å². The van der Waals surface area contributed by atoms with E-state index in [1.54, 1.807) is 37.4 Å². The molecule has 0 atom stereocenters. The van der Waals surface area contributed by atoms with Crippen molar-refractivity contribution in [3.05, 3.63) is 64.0 Å². The van der Waals surface area contributed by atoms with Crippen molar-refractivity contribution in [3.63, 3.8) is 0 Å². The Hall–Kier alpha value is -2.99. The lowest BCUT2D eigenvalue weighted by atomic mass is 10.1. The van der Waals surface area contributed by atoms with Crippen LogP contribution in [0.4, 0.5) is 21.2 Å². The van der Waals surface area contributed by atoms with E-state index < -0.39 is 15.8 Å². The molecule has 8 nitrogen and oxygen atoms in total. The molecule has 3 heterocycles. The summed E-state index contributed by atoms with van der Waals surface area (Å²) in [6.07, 6.45) is 7.10. The van der Waals surface area contributed by atoms with E-state index in [-0.39, 0.29) is 26.2 Å². The molecule has 2 aromatic heterocycles. The summed E-state index contributed by atoms with van der Waals surface area (Å²) in [4.78, 5) is 16.5. The third-order valence-electron chi connectivity index (χ3n) is 7.05. The Morgan fingerprint density at radius 2 is 1.83 bits per heavy atom. The molecule has 1 saturated heterocycles. The molecule has 13 heteroatoms. The SMILES string of the molecule is Cc1ccc(Cl)c(S(=O)(=O)Nc2cccc(-c3nc(N4CCCCC4)sc3-c3ccnc(NC4CC4)n3)c2F)c1Cl. The Bertz CT molecular complexity index is 1720. The predicted octanol–water partition coefficient (Wildman–Crippen LogP) is 7.39. The molecule has 6 rings (SSSR count). The number of hydrogen-bond acceptors (Lipinski definition) is 8. The smallest absolute Gasteiger partial charge is 0.264 e. The van der Waals surface area contributed by atoms with Gasteiger partial charge in [0.25, 0.3) is 10.0 Å². The number of aryl methyl sites for hydroxylation is 1. The molecule has 1 saturated carbocycles. The summed E-state index contributed by atoms with van der Waals surface area (Å²) in [5, 5.41) is 4.00. The Morgan fingerprint density at radius 3 is 2.59 bits per heavy atom. The molecule has 0 unspecified atom stereocenters. The molecule has 0 amide bonds. The van der Waals surface area contributed by atoms with Crippen LogP contribution in [0.15, 0.2) is 47.5 Å². The number of halogens is 3. The second-order valence-corrected chi connectivity index (χ2v) is 13.6. The predicted molar refractivity (Wildman–Crippen MR) is 163 cm³/mol. The van der Waals surface area contributed by atoms with Crippen molar-refractivity contribution in [3.8, 4) is 21.8 Å². The van der Waals surface area contributed by atoms with Crippen LogP contribution in [0.1, 0.15) is 37.7 Å². The van der Waals surface area contributed by atoms with E-state index in [1.807, 2.05) is 0 Å². The van der Waals surface area contributed by atoms with Gasteiger partial charge in [-0.05, 0) is 68.9 Å². The first-order valence-corrected chi connectivity index (χ1v) is 16.4. The van der Waals surface area contributed by atoms with Gasteiger partial charge in [-0.2, -0.15) is 0 Å². The summed E-state index contributed by atoms with van der Waals surface area (Å²) in [6.45, 7) is 3.40. The normalized spacial score (nSPS) is 15.7. The maximum Gasteiger partial charge on any atom is 0.264 e. The first-order valence-electron chi connectivity index (χ1n) is 13.3. The number of thiazole rings is 1. The highest BCUT2D eigenvalue weighted by molar-refractivity contribution is 7.93. The maximum atomic E-state index is 16.2. The average Bonchev–Trinajstić information content (AvgIpc) is 3.66. The molecule has 2 fully saturated rings. The van der Waals surface area contributed by atoms with E-state index in [2.05, 4.69) is 19.9 Å². The van der Waals surface area contributed by atoms with Crippen molar-refractivity contribution >= 4 is 61.3 Å². The molecule has 4 aromatic rings. The van der Waals surface area contributed by atoms with Crippen LogP contribution in [0, 0.1) is 12.7 Å². The fraction of sp³-hybridized carbons (Fsp3) is 0.321. The Balaban J connectivity index is 1.42. The van der Waals surface area contributed by atoms with Crippen LogP contribution in [0.25, 0.3) is 21.8 Å². The van der Waals surface area contributed by atoms with Gasteiger partial charge in [0.2, 0.25) is 5.95 Å². The third-order valence-corrected chi connectivity index (χ3v) is 10.7. The van der Waals surface area contributed by atoms with Gasteiger partial charge >= 0.3 is 0 Å². The Labute approximate surface area is 252 Å².